The van der Waals surface area contributed by atoms with Gasteiger partial charge in [-0.3, -0.25) is 0 Å². The summed E-state index contributed by atoms with van der Waals surface area (Å²) in [6, 6.07) is 0. The Morgan fingerprint density at radius 1 is 0.652 bits per heavy atom. The number of ether oxygens (including phenoxy) is 6. The Morgan fingerprint density at radius 2 is 1.30 bits per heavy atom. The molecule has 0 radical (unpaired) electrons. The van der Waals surface area contributed by atoms with Gasteiger partial charge in [0.1, 0.15) is 67.1 Å². The number of hydrogen-bond acceptors (Lipinski definition) is 18. The van der Waals surface area contributed by atoms with E-state index in [1.165, 1.54) is 18.1 Å². The monoisotopic (exact) mass is 943 g/mol. The van der Waals surface area contributed by atoms with Gasteiger partial charge in [0.05, 0.1) is 44.7 Å². The molecule has 66 heavy (non-hydrogen) atoms. The molecular formula is C48H78O18. The zero-order valence-corrected chi connectivity index (χ0v) is 39.4. The summed E-state index contributed by atoms with van der Waals surface area (Å²) in [6.45, 7) is 13.2. The van der Waals surface area contributed by atoms with Crippen LogP contribution in [-0.4, -0.2) is 192 Å². The van der Waals surface area contributed by atoms with Crippen molar-refractivity contribution >= 4 is 0 Å². The molecule has 0 aromatic carbocycles. The van der Waals surface area contributed by atoms with Crippen molar-refractivity contribution in [2.75, 3.05) is 26.4 Å². The van der Waals surface area contributed by atoms with E-state index in [1.807, 2.05) is 6.92 Å². The smallest absolute Gasteiger partial charge is 0.187 e. The summed E-state index contributed by atoms with van der Waals surface area (Å²) in [4.78, 5) is 0. The summed E-state index contributed by atoms with van der Waals surface area (Å²) in [5.41, 5.74) is -0.128. The van der Waals surface area contributed by atoms with E-state index in [4.69, 9.17) is 28.4 Å². The normalized spacial score (nSPS) is 54.8. The standard InChI is InChI=1S/C48H78O18/c1-22-31(53)34(56)37(59)41(62-22)66-39-33(55)26(19-61-40-36(58)35(57)32(54)25(18-49)63-40)64-42(38(39)60)65-30-11-12-44(4)27(45(30,5)20-50)10-13-46(6)28(44)9-8-23-24-16-43(2,3)14-15-48(24,21-51)29(52)17-47(23,46)7/h8-9,22,25-42,49-60H,10-21H2,1-7H3/t22-,25+,26+,27?,28?,29+,30?,31-,32+,33-,34+,35-,36+,37+,38+,39-,40+,41-,42-,44-,45-,46+,47+,48+/m0/s1. The quantitative estimate of drug-likeness (QED) is 0.123. The molecule has 378 valence electrons. The largest absolute Gasteiger partial charge is 0.396 e. The van der Waals surface area contributed by atoms with Crippen LogP contribution in [0.4, 0.5) is 0 Å². The summed E-state index contributed by atoms with van der Waals surface area (Å²) in [6.07, 6.45) is -14.9. The first-order valence-corrected chi connectivity index (χ1v) is 24.1. The molecule has 0 aromatic rings. The third-order valence-electron chi connectivity index (χ3n) is 18.9. The molecule has 6 fully saturated rings. The van der Waals surface area contributed by atoms with E-state index in [1.54, 1.807) is 0 Å². The second-order valence-corrected chi connectivity index (χ2v) is 23.1. The maximum Gasteiger partial charge on any atom is 0.187 e. The highest BCUT2D eigenvalue weighted by molar-refractivity contribution is 5.47. The van der Waals surface area contributed by atoms with Crippen LogP contribution in [-0.2, 0) is 28.4 Å². The van der Waals surface area contributed by atoms with Crippen LogP contribution >= 0.6 is 0 Å². The van der Waals surface area contributed by atoms with Crippen molar-refractivity contribution in [3.8, 4) is 0 Å². The fraction of sp³-hybridized carbons (Fsp3) is 0.917. The summed E-state index contributed by atoms with van der Waals surface area (Å²) in [7, 11) is 0. The van der Waals surface area contributed by atoms with Crippen LogP contribution in [0.3, 0.4) is 0 Å². The predicted octanol–water partition coefficient (Wildman–Crippen LogP) is -0.495. The van der Waals surface area contributed by atoms with Crippen molar-refractivity contribution in [3.63, 3.8) is 0 Å². The first-order valence-electron chi connectivity index (χ1n) is 24.1. The van der Waals surface area contributed by atoms with Crippen LogP contribution in [0.15, 0.2) is 23.3 Å². The van der Waals surface area contributed by atoms with Crippen LogP contribution in [0.5, 0.6) is 0 Å². The molecule has 3 aliphatic heterocycles. The molecule has 24 atom stereocenters. The first-order chi connectivity index (χ1) is 30.9. The molecule has 5 aliphatic carbocycles. The van der Waals surface area contributed by atoms with E-state index in [9.17, 15) is 61.3 Å². The average Bonchev–Trinajstić information content (AvgIpc) is 3.27. The van der Waals surface area contributed by atoms with Crippen LogP contribution in [0, 0.1) is 44.3 Å². The fourth-order valence-corrected chi connectivity index (χ4v) is 14.4. The number of rotatable bonds is 10. The third-order valence-corrected chi connectivity index (χ3v) is 18.9. The highest BCUT2D eigenvalue weighted by atomic mass is 16.7. The molecule has 3 saturated heterocycles. The minimum atomic E-state index is -1.79. The topological polar surface area (TPSA) is 298 Å². The van der Waals surface area contributed by atoms with Gasteiger partial charge in [-0.05, 0) is 91.9 Å². The van der Waals surface area contributed by atoms with Gasteiger partial charge in [0.2, 0.25) is 0 Å². The minimum absolute atomic E-state index is 0.0300. The van der Waals surface area contributed by atoms with Crippen molar-refractivity contribution in [2.24, 2.45) is 44.3 Å². The third kappa shape index (κ3) is 7.84. The van der Waals surface area contributed by atoms with Crippen molar-refractivity contribution in [3.05, 3.63) is 23.3 Å². The lowest BCUT2D eigenvalue weighted by Crippen LogP contribution is -2.67. The Kier molecular flexibility index (Phi) is 14.0. The molecule has 8 aliphatic rings. The van der Waals surface area contributed by atoms with Crippen LogP contribution < -0.4 is 0 Å². The Balaban J connectivity index is 1.07. The Bertz CT molecular complexity index is 1810. The zero-order chi connectivity index (χ0) is 48.3. The lowest BCUT2D eigenvalue weighted by molar-refractivity contribution is -0.374. The molecule has 0 spiro atoms. The first kappa shape index (κ1) is 51.1. The summed E-state index contributed by atoms with van der Waals surface area (Å²) >= 11 is 0. The van der Waals surface area contributed by atoms with Crippen molar-refractivity contribution in [1.29, 1.82) is 0 Å². The second-order valence-electron chi connectivity index (χ2n) is 23.1. The molecule has 12 N–H and O–H groups in total. The number of allylic oxidation sites excluding steroid dienone is 3. The molecule has 0 amide bonds. The lowest BCUT2D eigenvalue weighted by Gasteiger charge is -2.70. The van der Waals surface area contributed by atoms with Crippen LogP contribution in [0.1, 0.15) is 99.8 Å². The van der Waals surface area contributed by atoms with Gasteiger partial charge in [-0.15, -0.1) is 0 Å². The number of hydrogen-bond donors (Lipinski definition) is 12. The van der Waals surface area contributed by atoms with E-state index in [0.29, 0.717) is 19.3 Å². The molecule has 0 bridgehead atoms. The Morgan fingerprint density at radius 3 is 1.97 bits per heavy atom. The molecule has 18 heteroatoms. The van der Waals surface area contributed by atoms with Gasteiger partial charge in [-0.2, -0.15) is 0 Å². The van der Waals surface area contributed by atoms with E-state index in [2.05, 4.69) is 46.8 Å². The molecule has 18 nitrogen and oxygen atoms in total. The molecule has 3 saturated carbocycles. The van der Waals surface area contributed by atoms with E-state index in [-0.39, 0.29) is 41.3 Å². The van der Waals surface area contributed by atoms with Gasteiger partial charge in [0.15, 0.2) is 18.9 Å². The van der Waals surface area contributed by atoms with E-state index < -0.39 is 134 Å². The van der Waals surface area contributed by atoms with Crippen molar-refractivity contribution in [2.45, 2.75) is 204 Å². The highest BCUT2D eigenvalue weighted by Crippen LogP contribution is 2.74. The van der Waals surface area contributed by atoms with Gasteiger partial charge in [-0.25, -0.2) is 0 Å². The van der Waals surface area contributed by atoms with Crippen molar-refractivity contribution in [1.82, 2.24) is 0 Å². The summed E-state index contributed by atoms with van der Waals surface area (Å²) in [5, 5.41) is 131. The Labute approximate surface area is 387 Å². The molecule has 3 heterocycles. The van der Waals surface area contributed by atoms with E-state index >= 15 is 0 Å². The van der Waals surface area contributed by atoms with Gasteiger partial charge in [0.25, 0.3) is 0 Å². The zero-order valence-electron chi connectivity index (χ0n) is 39.4. The minimum Gasteiger partial charge on any atom is -0.396 e. The lowest BCUT2D eigenvalue weighted by atomic mass is 9.35. The van der Waals surface area contributed by atoms with E-state index in [0.717, 1.165) is 32.1 Å². The average molecular weight is 943 g/mol. The second kappa shape index (κ2) is 18.1. The summed E-state index contributed by atoms with van der Waals surface area (Å²) < 4.78 is 36.0. The van der Waals surface area contributed by atoms with Gasteiger partial charge >= 0.3 is 0 Å². The molecule has 8 rings (SSSR count). The van der Waals surface area contributed by atoms with Gasteiger partial charge < -0.3 is 89.7 Å². The number of fused-ring (bicyclic) bond motifs is 6. The van der Waals surface area contributed by atoms with Crippen LogP contribution in [0.25, 0.3) is 0 Å². The van der Waals surface area contributed by atoms with Crippen LogP contribution in [0.2, 0.25) is 0 Å². The maximum absolute atomic E-state index is 12.1. The van der Waals surface area contributed by atoms with Crippen molar-refractivity contribution < 1.29 is 89.7 Å². The maximum atomic E-state index is 12.1. The molecular weight excluding hydrogens is 865 g/mol. The number of aliphatic hydroxyl groups excluding tert-OH is 12. The SMILES string of the molecule is C[C@@H]1O[C@@H](O[C@H]2[C@@H](O)[C@@H](CO[C@@H]3O[C@H](CO)[C@@H](O)[C@H](O)[C@H]3O)O[C@@H](OC3CC[C@@]4(C)C(CC[C@]5(C)C4C=CC4=C6CC(C)(C)CC[C@]6(CO)[C@H](O)C[C@]45C)[C@]3(C)CO)[C@@H]2O)[C@H](O)[C@H](O)[C@H]1O. The molecule has 3 unspecified atom stereocenters. The van der Waals surface area contributed by atoms with Gasteiger partial charge in [0, 0.05) is 16.2 Å². The molecule has 0 aromatic heterocycles. The summed E-state index contributed by atoms with van der Waals surface area (Å²) in [5.74, 6) is -0.0567. The predicted molar refractivity (Wildman–Crippen MR) is 231 cm³/mol. The highest BCUT2D eigenvalue weighted by Gasteiger charge is 2.69. The number of aliphatic hydroxyl groups is 12. The Hall–Kier alpha value is -1.24. The fourth-order valence-electron chi connectivity index (χ4n) is 14.4. The van der Waals surface area contributed by atoms with Gasteiger partial charge in [-0.1, -0.05) is 59.3 Å².